The van der Waals surface area contributed by atoms with Crippen molar-refractivity contribution in [1.29, 1.82) is 0 Å². The molecule has 4 nitrogen and oxygen atoms in total. The van der Waals surface area contributed by atoms with Crippen molar-refractivity contribution in [2.24, 2.45) is 0 Å². The molecule has 0 saturated heterocycles. The Morgan fingerprint density at radius 3 is 1.45 bits per heavy atom. The van der Waals surface area contributed by atoms with Crippen molar-refractivity contribution in [1.82, 2.24) is 14.7 Å². The van der Waals surface area contributed by atoms with Crippen molar-refractivity contribution in [3.05, 3.63) is 34.4 Å². The number of aliphatic hydroxyl groups excluding tert-OH is 1. The highest BCUT2D eigenvalue weighted by atomic mass is 16.3. The molecule has 1 rings (SSSR count). The second-order valence-corrected chi connectivity index (χ2v) is 6.26. The molecule has 0 amide bonds. The van der Waals surface area contributed by atoms with Gasteiger partial charge in [-0.2, -0.15) is 0 Å². The molecule has 1 aromatic carbocycles. The minimum atomic E-state index is 0.106. The molecule has 1 aromatic rings. The standard InChI is InChI=1S/C16H29N3O/c1-17(2)9-13-7-14(10-18(3)4)16(12-20)15(8-13)11-19(5)6/h7-8,20H,9-12H2,1-6H3. The Bertz CT molecular complexity index is 397. The lowest BCUT2D eigenvalue weighted by atomic mass is 9.97. The molecule has 4 heteroatoms. The highest BCUT2D eigenvalue weighted by Crippen LogP contribution is 2.21. The van der Waals surface area contributed by atoms with Gasteiger partial charge in [0.05, 0.1) is 6.61 Å². The summed E-state index contributed by atoms with van der Waals surface area (Å²) in [6.07, 6.45) is 0. The largest absolute Gasteiger partial charge is 0.392 e. The molecule has 1 N–H and O–H groups in total. The highest BCUT2D eigenvalue weighted by Gasteiger charge is 2.12. The Labute approximate surface area is 123 Å². The fraction of sp³-hybridized carbons (Fsp3) is 0.625. The lowest BCUT2D eigenvalue weighted by Gasteiger charge is -2.21. The van der Waals surface area contributed by atoms with Gasteiger partial charge in [-0.3, -0.25) is 0 Å². The molecule has 0 spiro atoms. The molecular weight excluding hydrogens is 250 g/mol. The summed E-state index contributed by atoms with van der Waals surface area (Å²) in [6.45, 7) is 2.75. The van der Waals surface area contributed by atoms with Crippen LogP contribution < -0.4 is 0 Å². The zero-order chi connectivity index (χ0) is 15.3. The Morgan fingerprint density at radius 1 is 0.750 bits per heavy atom. The van der Waals surface area contributed by atoms with Crippen molar-refractivity contribution in [2.45, 2.75) is 26.2 Å². The maximum atomic E-state index is 9.75. The van der Waals surface area contributed by atoms with Crippen molar-refractivity contribution >= 4 is 0 Å². The Hall–Kier alpha value is -0.940. The summed E-state index contributed by atoms with van der Waals surface area (Å²) in [5, 5.41) is 9.75. The van der Waals surface area contributed by atoms with Gasteiger partial charge in [0.1, 0.15) is 0 Å². The van der Waals surface area contributed by atoms with Crippen LogP contribution in [0.2, 0.25) is 0 Å². The summed E-state index contributed by atoms with van der Waals surface area (Å²) in [5.74, 6) is 0. The number of benzene rings is 1. The number of nitrogens with zero attached hydrogens (tertiary/aromatic N) is 3. The van der Waals surface area contributed by atoms with Gasteiger partial charge in [-0.25, -0.2) is 0 Å². The lowest BCUT2D eigenvalue weighted by molar-refractivity contribution is 0.274. The van der Waals surface area contributed by atoms with Crippen molar-refractivity contribution in [3.63, 3.8) is 0 Å². The fourth-order valence-corrected chi connectivity index (χ4v) is 2.49. The lowest BCUT2D eigenvalue weighted by Crippen LogP contribution is -2.18. The molecule has 0 radical (unpaired) electrons. The summed E-state index contributed by atoms with van der Waals surface area (Å²) < 4.78 is 0. The highest BCUT2D eigenvalue weighted by molar-refractivity contribution is 5.39. The maximum absolute atomic E-state index is 9.75. The zero-order valence-electron chi connectivity index (χ0n) is 13.8. The Balaban J connectivity index is 3.23. The predicted molar refractivity (Wildman–Crippen MR) is 84.5 cm³/mol. The van der Waals surface area contributed by atoms with E-state index in [4.69, 9.17) is 0 Å². The molecule has 0 aliphatic heterocycles. The monoisotopic (exact) mass is 279 g/mol. The van der Waals surface area contributed by atoms with E-state index in [2.05, 4.69) is 69.1 Å². The molecule has 114 valence electrons. The van der Waals surface area contributed by atoms with E-state index in [1.165, 1.54) is 16.7 Å². The molecule has 0 aliphatic carbocycles. The van der Waals surface area contributed by atoms with Crippen LogP contribution in [0.3, 0.4) is 0 Å². The zero-order valence-corrected chi connectivity index (χ0v) is 13.8. The van der Waals surface area contributed by atoms with Crippen LogP contribution in [-0.2, 0) is 26.2 Å². The maximum Gasteiger partial charge on any atom is 0.0688 e. The van der Waals surface area contributed by atoms with Crippen LogP contribution in [0.5, 0.6) is 0 Å². The summed E-state index contributed by atoms with van der Waals surface area (Å²) >= 11 is 0. The third kappa shape index (κ3) is 5.21. The van der Waals surface area contributed by atoms with Gasteiger partial charge in [-0.15, -0.1) is 0 Å². The molecule has 0 unspecified atom stereocenters. The number of hydrogen-bond donors (Lipinski definition) is 1. The minimum absolute atomic E-state index is 0.106. The van der Waals surface area contributed by atoms with E-state index in [9.17, 15) is 5.11 Å². The summed E-state index contributed by atoms with van der Waals surface area (Å²) in [4.78, 5) is 6.47. The minimum Gasteiger partial charge on any atom is -0.392 e. The molecule has 20 heavy (non-hydrogen) atoms. The second-order valence-electron chi connectivity index (χ2n) is 6.26. The van der Waals surface area contributed by atoms with E-state index < -0.39 is 0 Å². The molecule has 0 aromatic heterocycles. The van der Waals surface area contributed by atoms with Gasteiger partial charge in [0.2, 0.25) is 0 Å². The molecule has 0 aliphatic rings. The van der Waals surface area contributed by atoms with Crippen molar-refractivity contribution in [3.8, 4) is 0 Å². The topological polar surface area (TPSA) is 30.0 Å². The molecule has 0 heterocycles. The van der Waals surface area contributed by atoms with Crippen molar-refractivity contribution < 1.29 is 5.11 Å². The quantitative estimate of drug-likeness (QED) is 0.816. The molecule has 0 saturated carbocycles. The van der Waals surface area contributed by atoms with Gasteiger partial charge in [0.15, 0.2) is 0 Å². The number of rotatable bonds is 7. The number of aliphatic hydroxyl groups is 1. The van der Waals surface area contributed by atoms with E-state index >= 15 is 0 Å². The first-order valence-corrected chi connectivity index (χ1v) is 7.02. The predicted octanol–water partition coefficient (Wildman–Crippen LogP) is 1.36. The summed E-state index contributed by atoms with van der Waals surface area (Å²) in [5.41, 5.74) is 4.85. The molecule has 0 atom stereocenters. The van der Waals surface area contributed by atoms with Crippen LogP contribution in [-0.4, -0.2) is 62.1 Å². The van der Waals surface area contributed by atoms with E-state index in [1.54, 1.807) is 0 Å². The van der Waals surface area contributed by atoms with Gasteiger partial charge in [-0.05, 0) is 64.5 Å². The first-order valence-electron chi connectivity index (χ1n) is 7.02. The fourth-order valence-electron chi connectivity index (χ4n) is 2.49. The Morgan fingerprint density at radius 2 is 1.15 bits per heavy atom. The third-order valence-corrected chi connectivity index (χ3v) is 3.12. The molecule has 0 bridgehead atoms. The van der Waals surface area contributed by atoms with Gasteiger partial charge < -0.3 is 19.8 Å². The molecule has 0 fully saturated rings. The van der Waals surface area contributed by atoms with Gasteiger partial charge >= 0.3 is 0 Å². The first kappa shape index (κ1) is 17.1. The van der Waals surface area contributed by atoms with Gasteiger partial charge in [-0.1, -0.05) is 12.1 Å². The smallest absolute Gasteiger partial charge is 0.0688 e. The third-order valence-electron chi connectivity index (χ3n) is 3.12. The second kappa shape index (κ2) is 7.74. The summed E-state index contributed by atoms with van der Waals surface area (Å²) in [7, 11) is 12.4. The van der Waals surface area contributed by atoms with Gasteiger partial charge in [0.25, 0.3) is 0 Å². The van der Waals surface area contributed by atoms with E-state index in [0.29, 0.717) is 0 Å². The van der Waals surface area contributed by atoms with Crippen LogP contribution in [0.25, 0.3) is 0 Å². The number of hydrogen-bond acceptors (Lipinski definition) is 4. The van der Waals surface area contributed by atoms with Crippen LogP contribution in [0.1, 0.15) is 22.3 Å². The van der Waals surface area contributed by atoms with Crippen LogP contribution >= 0.6 is 0 Å². The van der Waals surface area contributed by atoms with E-state index in [1.807, 2.05) is 0 Å². The normalized spacial score (nSPS) is 11.9. The van der Waals surface area contributed by atoms with Crippen LogP contribution in [0, 0.1) is 0 Å². The average molecular weight is 279 g/mol. The van der Waals surface area contributed by atoms with Gasteiger partial charge in [0, 0.05) is 19.6 Å². The van der Waals surface area contributed by atoms with E-state index in [0.717, 1.165) is 25.2 Å². The molecular formula is C16H29N3O. The SMILES string of the molecule is CN(C)Cc1cc(CN(C)C)c(CO)c(CN(C)C)c1. The van der Waals surface area contributed by atoms with Crippen molar-refractivity contribution in [2.75, 3.05) is 42.3 Å². The average Bonchev–Trinajstić information content (AvgIpc) is 2.26. The van der Waals surface area contributed by atoms with Crippen LogP contribution in [0.15, 0.2) is 12.1 Å². The Kier molecular flexibility index (Phi) is 6.62. The van der Waals surface area contributed by atoms with E-state index in [-0.39, 0.29) is 6.61 Å². The van der Waals surface area contributed by atoms with Crippen LogP contribution in [0.4, 0.5) is 0 Å². The first-order chi connectivity index (χ1) is 9.33. The summed E-state index contributed by atoms with van der Waals surface area (Å²) in [6, 6.07) is 4.45.